The quantitative estimate of drug-likeness (QED) is 0.814. The van der Waals surface area contributed by atoms with Gasteiger partial charge < -0.3 is 10.1 Å². The molecule has 3 heteroatoms. The second-order valence-electron chi connectivity index (χ2n) is 6.19. The standard InChI is InChI=1S/C15H30N2O/c1-12-6-4-9-17(14(12)3)10-8-16-13(2)15-7-5-11-18-15/h12-16H,4-11H2,1-3H3. The molecule has 4 atom stereocenters. The lowest BCUT2D eigenvalue weighted by Crippen LogP contribution is -2.47. The Bertz CT molecular complexity index is 241. The largest absolute Gasteiger partial charge is 0.377 e. The van der Waals surface area contributed by atoms with Gasteiger partial charge >= 0.3 is 0 Å². The molecule has 2 aliphatic heterocycles. The van der Waals surface area contributed by atoms with E-state index in [1.54, 1.807) is 0 Å². The fourth-order valence-electron chi connectivity index (χ4n) is 3.30. The van der Waals surface area contributed by atoms with Gasteiger partial charge in [0.25, 0.3) is 0 Å². The molecule has 1 N–H and O–H groups in total. The number of hydrogen-bond acceptors (Lipinski definition) is 3. The first kappa shape index (κ1) is 14.3. The molecule has 18 heavy (non-hydrogen) atoms. The summed E-state index contributed by atoms with van der Waals surface area (Å²) in [7, 11) is 0. The van der Waals surface area contributed by atoms with Crippen molar-refractivity contribution in [2.24, 2.45) is 5.92 Å². The van der Waals surface area contributed by atoms with E-state index in [-0.39, 0.29) is 0 Å². The smallest absolute Gasteiger partial charge is 0.0726 e. The van der Waals surface area contributed by atoms with E-state index in [9.17, 15) is 0 Å². The molecular formula is C15H30N2O. The topological polar surface area (TPSA) is 24.5 Å². The Morgan fingerprint density at radius 1 is 1.28 bits per heavy atom. The number of hydrogen-bond donors (Lipinski definition) is 1. The molecule has 3 nitrogen and oxygen atoms in total. The van der Waals surface area contributed by atoms with Crippen molar-refractivity contribution >= 4 is 0 Å². The van der Waals surface area contributed by atoms with Crippen molar-refractivity contribution in [3.63, 3.8) is 0 Å². The summed E-state index contributed by atoms with van der Waals surface area (Å²) in [5, 5.41) is 3.64. The van der Waals surface area contributed by atoms with Gasteiger partial charge in [-0.1, -0.05) is 6.92 Å². The normalized spacial score (nSPS) is 35.8. The van der Waals surface area contributed by atoms with Crippen molar-refractivity contribution in [1.82, 2.24) is 10.2 Å². The van der Waals surface area contributed by atoms with Crippen molar-refractivity contribution in [3.8, 4) is 0 Å². The van der Waals surface area contributed by atoms with Gasteiger partial charge in [-0.25, -0.2) is 0 Å². The summed E-state index contributed by atoms with van der Waals surface area (Å²) < 4.78 is 5.72. The van der Waals surface area contributed by atoms with Crippen LogP contribution in [-0.2, 0) is 4.74 Å². The first-order chi connectivity index (χ1) is 8.68. The van der Waals surface area contributed by atoms with Crippen LogP contribution in [0.3, 0.4) is 0 Å². The Morgan fingerprint density at radius 2 is 2.11 bits per heavy atom. The van der Waals surface area contributed by atoms with Gasteiger partial charge in [-0.15, -0.1) is 0 Å². The van der Waals surface area contributed by atoms with E-state index in [2.05, 4.69) is 31.0 Å². The first-order valence-corrected chi connectivity index (χ1v) is 7.77. The van der Waals surface area contributed by atoms with Gasteiger partial charge in [-0.05, 0) is 52.0 Å². The minimum Gasteiger partial charge on any atom is -0.377 e. The van der Waals surface area contributed by atoms with Crippen molar-refractivity contribution < 1.29 is 4.74 Å². The maximum absolute atomic E-state index is 5.72. The van der Waals surface area contributed by atoms with E-state index in [0.29, 0.717) is 12.1 Å². The molecule has 0 aliphatic carbocycles. The second kappa shape index (κ2) is 6.88. The van der Waals surface area contributed by atoms with Crippen LogP contribution in [0.4, 0.5) is 0 Å². The third kappa shape index (κ3) is 3.69. The molecule has 4 unspecified atom stereocenters. The van der Waals surface area contributed by atoms with Gasteiger partial charge in [0, 0.05) is 31.8 Å². The van der Waals surface area contributed by atoms with Crippen LogP contribution in [0.2, 0.25) is 0 Å². The van der Waals surface area contributed by atoms with Gasteiger partial charge in [0.2, 0.25) is 0 Å². The van der Waals surface area contributed by atoms with Crippen LogP contribution in [0, 0.1) is 5.92 Å². The predicted molar refractivity (Wildman–Crippen MR) is 75.9 cm³/mol. The molecule has 0 saturated carbocycles. The average molecular weight is 254 g/mol. The number of nitrogens with one attached hydrogen (secondary N) is 1. The van der Waals surface area contributed by atoms with Gasteiger partial charge in [0.15, 0.2) is 0 Å². The van der Waals surface area contributed by atoms with Crippen molar-refractivity contribution in [1.29, 1.82) is 0 Å². The molecule has 2 heterocycles. The molecule has 0 radical (unpaired) electrons. The molecule has 0 aromatic carbocycles. The zero-order valence-corrected chi connectivity index (χ0v) is 12.3. The molecule has 2 fully saturated rings. The Hall–Kier alpha value is -0.120. The molecule has 2 aliphatic rings. The van der Waals surface area contributed by atoms with Crippen LogP contribution < -0.4 is 5.32 Å². The van der Waals surface area contributed by atoms with Gasteiger partial charge in [0.1, 0.15) is 0 Å². The van der Waals surface area contributed by atoms with E-state index in [0.717, 1.165) is 25.1 Å². The molecule has 106 valence electrons. The third-order valence-corrected chi connectivity index (χ3v) is 4.89. The molecule has 2 rings (SSSR count). The SMILES string of the molecule is CC1CCCN(CCNC(C)C2CCCO2)C1C. The average Bonchev–Trinajstić information content (AvgIpc) is 2.88. The van der Waals surface area contributed by atoms with Crippen LogP contribution in [0.25, 0.3) is 0 Å². The summed E-state index contributed by atoms with van der Waals surface area (Å²) in [5.74, 6) is 0.856. The molecular weight excluding hydrogens is 224 g/mol. The fraction of sp³-hybridized carbons (Fsp3) is 1.00. The lowest BCUT2D eigenvalue weighted by atomic mass is 9.92. The summed E-state index contributed by atoms with van der Waals surface area (Å²) in [6.07, 6.45) is 5.68. The molecule has 0 aromatic heterocycles. The highest BCUT2D eigenvalue weighted by Crippen LogP contribution is 2.22. The highest BCUT2D eigenvalue weighted by molar-refractivity contribution is 4.81. The lowest BCUT2D eigenvalue weighted by molar-refractivity contribution is 0.0778. The summed E-state index contributed by atoms with van der Waals surface area (Å²) in [6.45, 7) is 11.5. The van der Waals surface area contributed by atoms with E-state index < -0.39 is 0 Å². The van der Waals surface area contributed by atoms with Crippen molar-refractivity contribution in [3.05, 3.63) is 0 Å². The van der Waals surface area contributed by atoms with Crippen molar-refractivity contribution in [2.45, 2.75) is 64.6 Å². The van der Waals surface area contributed by atoms with Crippen LogP contribution in [0.5, 0.6) is 0 Å². The summed E-state index contributed by atoms with van der Waals surface area (Å²) in [6, 6.07) is 1.25. The number of rotatable bonds is 5. The molecule has 0 amide bonds. The molecule has 0 bridgehead atoms. The lowest BCUT2D eigenvalue weighted by Gasteiger charge is -2.38. The summed E-state index contributed by atoms with van der Waals surface area (Å²) in [5.41, 5.74) is 0. The van der Waals surface area contributed by atoms with E-state index in [1.807, 2.05) is 0 Å². The Kier molecular flexibility index (Phi) is 5.46. The van der Waals surface area contributed by atoms with E-state index in [1.165, 1.54) is 38.8 Å². The Morgan fingerprint density at radius 3 is 2.83 bits per heavy atom. The van der Waals surface area contributed by atoms with E-state index in [4.69, 9.17) is 4.74 Å². The minimum absolute atomic E-state index is 0.447. The number of likely N-dealkylation sites (tertiary alicyclic amines) is 1. The zero-order chi connectivity index (χ0) is 13.0. The van der Waals surface area contributed by atoms with Gasteiger partial charge in [-0.3, -0.25) is 4.90 Å². The monoisotopic (exact) mass is 254 g/mol. The fourth-order valence-corrected chi connectivity index (χ4v) is 3.30. The molecule has 2 saturated heterocycles. The molecule has 0 spiro atoms. The van der Waals surface area contributed by atoms with Crippen LogP contribution in [0.15, 0.2) is 0 Å². The molecule has 0 aromatic rings. The van der Waals surface area contributed by atoms with E-state index >= 15 is 0 Å². The van der Waals surface area contributed by atoms with Crippen LogP contribution in [-0.4, -0.2) is 49.3 Å². The highest BCUT2D eigenvalue weighted by Gasteiger charge is 2.25. The Labute approximate surface area is 112 Å². The maximum atomic E-state index is 5.72. The number of nitrogens with zero attached hydrogens (tertiary/aromatic N) is 1. The van der Waals surface area contributed by atoms with Crippen LogP contribution in [0.1, 0.15) is 46.5 Å². The highest BCUT2D eigenvalue weighted by atomic mass is 16.5. The summed E-state index contributed by atoms with van der Waals surface area (Å²) in [4.78, 5) is 2.64. The minimum atomic E-state index is 0.447. The first-order valence-electron chi connectivity index (χ1n) is 7.77. The number of piperidine rings is 1. The number of ether oxygens (including phenoxy) is 1. The van der Waals surface area contributed by atoms with Crippen molar-refractivity contribution in [2.75, 3.05) is 26.2 Å². The maximum Gasteiger partial charge on any atom is 0.0726 e. The predicted octanol–water partition coefficient (Wildman–Crippen LogP) is 2.26. The summed E-state index contributed by atoms with van der Waals surface area (Å²) >= 11 is 0. The third-order valence-electron chi connectivity index (χ3n) is 4.89. The zero-order valence-electron chi connectivity index (χ0n) is 12.3. The van der Waals surface area contributed by atoms with Crippen LogP contribution >= 0.6 is 0 Å². The Balaban J connectivity index is 1.65. The van der Waals surface area contributed by atoms with Gasteiger partial charge in [0.05, 0.1) is 6.10 Å². The second-order valence-corrected chi connectivity index (χ2v) is 6.19. The van der Waals surface area contributed by atoms with Gasteiger partial charge in [-0.2, -0.15) is 0 Å².